The molecule has 4 nitrogen and oxygen atoms in total. The van der Waals surface area contributed by atoms with Crippen LogP contribution in [0.2, 0.25) is 10.0 Å². The Hall–Kier alpha value is -1.05. The van der Waals surface area contributed by atoms with Gasteiger partial charge in [-0.15, -0.1) is 12.4 Å². The number of nitrogens with one attached hydrogen (secondary N) is 1. The summed E-state index contributed by atoms with van der Waals surface area (Å²) in [5, 5.41) is -0.498. The lowest BCUT2D eigenvalue weighted by Gasteiger charge is -2.26. The van der Waals surface area contributed by atoms with Gasteiger partial charge in [-0.3, -0.25) is 0 Å². The number of nitrogens with two attached hydrogens (primary N) is 1. The molecule has 0 heterocycles. The van der Waals surface area contributed by atoms with Crippen LogP contribution >= 0.6 is 35.6 Å². The van der Waals surface area contributed by atoms with Gasteiger partial charge in [0.05, 0.1) is 10.0 Å². The van der Waals surface area contributed by atoms with Gasteiger partial charge in [0.25, 0.3) is 0 Å². The number of rotatable bonds is 3. The van der Waals surface area contributed by atoms with Gasteiger partial charge < -0.3 is 5.73 Å². The maximum Gasteiger partial charge on any atom is 0.244 e. The Morgan fingerprint density at radius 1 is 1.16 bits per heavy atom. The molecule has 25 heavy (non-hydrogen) atoms. The number of halogens is 4. The molecule has 136 valence electrons. The number of benzene rings is 2. The van der Waals surface area contributed by atoms with Gasteiger partial charge in [-0.1, -0.05) is 29.3 Å². The fraction of sp³-hybridized carbons (Fsp3) is 0.250. The molecule has 1 aliphatic rings. The molecule has 0 spiro atoms. The van der Waals surface area contributed by atoms with E-state index in [-0.39, 0.29) is 27.3 Å². The number of sulfonamides is 1. The lowest BCUT2D eigenvalue weighted by Crippen LogP contribution is -2.31. The van der Waals surface area contributed by atoms with Gasteiger partial charge in [0, 0.05) is 11.7 Å². The molecule has 2 aromatic carbocycles. The Bertz CT molecular complexity index is 883. The van der Waals surface area contributed by atoms with Crippen LogP contribution in [0.3, 0.4) is 0 Å². The number of hydrogen-bond donors (Lipinski definition) is 2. The van der Waals surface area contributed by atoms with Crippen molar-refractivity contribution in [2.24, 2.45) is 0 Å². The number of nitrogen functional groups attached to an aromatic ring is 1. The molecule has 3 rings (SSSR count). The molecule has 3 N–H and O–H groups in total. The highest BCUT2D eigenvalue weighted by Gasteiger charge is 2.29. The topological polar surface area (TPSA) is 72.2 Å². The monoisotopic (exact) mass is 424 g/mol. The Labute approximate surface area is 162 Å². The first-order valence-electron chi connectivity index (χ1n) is 7.33. The minimum atomic E-state index is -4.00. The molecule has 0 radical (unpaired) electrons. The van der Waals surface area contributed by atoms with Gasteiger partial charge in [-0.2, -0.15) is 0 Å². The summed E-state index contributed by atoms with van der Waals surface area (Å²) >= 11 is 11.8. The van der Waals surface area contributed by atoms with Crippen molar-refractivity contribution in [3.05, 3.63) is 57.3 Å². The van der Waals surface area contributed by atoms with E-state index in [9.17, 15) is 12.8 Å². The molecular weight excluding hydrogens is 410 g/mol. The first-order chi connectivity index (χ1) is 11.3. The van der Waals surface area contributed by atoms with Gasteiger partial charge in [-0.05, 0) is 54.7 Å². The fourth-order valence-corrected chi connectivity index (χ4v) is 5.43. The van der Waals surface area contributed by atoms with Gasteiger partial charge in [-0.25, -0.2) is 17.5 Å². The Morgan fingerprint density at radius 2 is 1.80 bits per heavy atom. The summed E-state index contributed by atoms with van der Waals surface area (Å²) in [6.07, 6.45) is 2.32. The van der Waals surface area contributed by atoms with Crippen molar-refractivity contribution in [3.8, 4) is 0 Å². The second-order valence-electron chi connectivity index (χ2n) is 5.72. The highest BCUT2D eigenvalue weighted by Crippen LogP contribution is 2.35. The van der Waals surface area contributed by atoms with Crippen LogP contribution < -0.4 is 10.5 Å². The third-order valence-corrected chi connectivity index (χ3v) is 6.40. The summed E-state index contributed by atoms with van der Waals surface area (Å²) in [6.45, 7) is 0. The summed E-state index contributed by atoms with van der Waals surface area (Å²) in [5.74, 6) is -0.692. The van der Waals surface area contributed by atoms with Gasteiger partial charge in [0.2, 0.25) is 10.0 Å². The van der Waals surface area contributed by atoms with Crippen LogP contribution in [0.1, 0.15) is 30.0 Å². The molecular formula is C16H16Cl3FN2O2S. The van der Waals surface area contributed by atoms with E-state index in [4.69, 9.17) is 28.9 Å². The predicted molar refractivity (Wildman–Crippen MR) is 101 cm³/mol. The molecule has 0 aromatic heterocycles. The van der Waals surface area contributed by atoms with Gasteiger partial charge in [0.15, 0.2) is 0 Å². The molecule has 0 amide bonds. The molecule has 1 unspecified atom stereocenters. The highest BCUT2D eigenvalue weighted by atomic mass is 35.5. The quantitative estimate of drug-likeness (QED) is 0.712. The van der Waals surface area contributed by atoms with E-state index >= 15 is 0 Å². The van der Waals surface area contributed by atoms with Crippen molar-refractivity contribution in [3.63, 3.8) is 0 Å². The van der Waals surface area contributed by atoms with Gasteiger partial charge in [0.1, 0.15) is 10.7 Å². The number of hydrogen-bond acceptors (Lipinski definition) is 3. The summed E-state index contributed by atoms with van der Waals surface area (Å²) in [6, 6.07) is 6.87. The van der Waals surface area contributed by atoms with Crippen molar-refractivity contribution >= 4 is 51.3 Å². The second kappa shape index (κ2) is 7.68. The highest BCUT2D eigenvalue weighted by molar-refractivity contribution is 7.89. The van der Waals surface area contributed by atoms with Gasteiger partial charge >= 0.3 is 0 Å². The lowest BCUT2D eigenvalue weighted by atomic mass is 9.88. The summed E-state index contributed by atoms with van der Waals surface area (Å²) in [4.78, 5) is -0.310. The number of fused-ring (bicyclic) bond motifs is 1. The zero-order valence-corrected chi connectivity index (χ0v) is 16.1. The summed E-state index contributed by atoms with van der Waals surface area (Å²) in [5.41, 5.74) is 8.33. The minimum absolute atomic E-state index is 0. The third kappa shape index (κ3) is 4.20. The largest absolute Gasteiger partial charge is 0.399 e. The van der Waals surface area contributed by atoms with Crippen LogP contribution in [0, 0.1) is 5.82 Å². The molecule has 9 heteroatoms. The van der Waals surface area contributed by atoms with Crippen molar-refractivity contribution in [1.29, 1.82) is 0 Å². The lowest BCUT2D eigenvalue weighted by molar-refractivity contribution is 0.507. The van der Waals surface area contributed by atoms with E-state index in [0.717, 1.165) is 36.1 Å². The molecule has 0 bridgehead atoms. The molecule has 0 fully saturated rings. The summed E-state index contributed by atoms with van der Waals surface area (Å²) in [7, 11) is -4.00. The van der Waals surface area contributed by atoms with Crippen LogP contribution in [0.4, 0.5) is 10.1 Å². The molecule has 1 aliphatic carbocycles. The molecule has 0 saturated heterocycles. The zero-order chi connectivity index (χ0) is 17.5. The van der Waals surface area contributed by atoms with E-state index in [1.54, 1.807) is 6.07 Å². The SMILES string of the molecule is Cl.Nc1ccc2c(c1)CCCC2NS(=O)(=O)c1c(Cl)cc(F)cc1Cl. The van der Waals surface area contributed by atoms with Crippen LogP contribution in [-0.2, 0) is 16.4 Å². The standard InChI is InChI=1S/C16H15Cl2FN2O2S.ClH/c17-13-7-10(19)8-14(18)16(13)24(22,23)21-15-3-1-2-9-6-11(20)4-5-12(9)15;/h4-8,15,21H,1-3,20H2;1H. The van der Waals surface area contributed by atoms with Crippen molar-refractivity contribution in [2.75, 3.05) is 5.73 Å². The van der Waals surface area contributed by atoms with E-state index < -0.39 is 21.9 Å². The van der Waals surface area contributed by atoms with Crippen LogP contribution in [0.25, 0.3) is 0 Å². The fourth-order valence-electron chi connectivity index (χ4n) is 2.99. The molecule has 1 atom stereocenters. The minimum Gasteiger partial charge on any atom is -0.399 e. The maximum atomic E-state index is 13.3. The van der Waals surface area contributed by atoms with E-state index in [1.165, 1.54) is 0 Å². The van der Waals surface area contributed by atoms with Crippen LogP contribution in [0.15, 0.2) is 35.2 Å². The third-order valence-electron chi connectivity index (χ3n) is 4.01. The van der Waals surface area contributed by atoms with E-state index in [0.29, 0.717) is 12.1 Å². The van der Waals surface area contributed by atoms with Crippen LogP contribution in [0.5, 0.6) is 0 Å². The first-order valence-corrected chi connectivity index (χ1v) is 9.57. The Morgan fingerprint density at radius 3 is 2.44 bits per heavy atom. The zero-order valence-electron chi connectivity index (χ0n) is 12.9. The number of anilines is 1. The average molecular weight is 426 g/mol. The normalized spacial score (nSPS) is 16.8. The van der Waals surface area contributed by atoms with E-state index in [1.807, 2.05) is 12.1 Å². The first kappa shape index (κ1) is 20.3. The Balaban J connectivity index is 0.00000225. The molecule has 2 aromatic rings. The predicted octanol–water partition coefficient (Wildman–Crippen LogP) is 4.49. The molecule has 0 aliphatic heterocycles. The van der Waals surface area contributed by atoms with E-state index in [2.05, 4.69) is 4.72 Å². The average Bonchev–Trinajstić information content (AvgIpc) is 2.45. The van der Waals surface area contributed by atoms with Crippen molar-refractivity contribution < 1.29 is 12.8 Å². The Kier molecular flexibility index (Phi) is 6.22. The van der Waals surface area contributed by atoms with Crippen molar-refractivity contribution in [2.45, 2.75) is 30.2 Å². The van der Waals surface area contributed by atoms with Crippen molar-refractivity contribution in [1.82, 2.24) is 4.72 Å². The summed E-state index contributed by atoms with van der Waals surface area (Å²) < 4.78 is 41.3. The maximum absolute atomic E-state index is 13.3. The molecule has 0 saturated carbocycles. The smallest absolute Gasteiger partial charge is 0.244 e. The number of aryl methyl sites for hydroxylation is 1. The second-order valence-corrected chi connectivity index (χ2v) is 8.19. The van der Waals surface area contributed by atoms with Crippen LogP contribution in [-0.4, -0.2) is 8.42 Å².